The van der Waals surface area contributed by atoms with Crippen molar-refractivity contribution < 1.29 is 40.1 Å². The summed E-state index contributed by atoms with van der Waals surface area (Å²) in [5, 5.41) is -6.64. The topological polar surface area (TPSA) is 13.1 Å². The van der Waals surface area contributed by atoms with E-state index in [1.54, 1.807) is 0 Å². The Balaban J connectivity index is 1.47. The van der Waals surface area contributed by atoms with Crippen molar-refractivity contribution in [2.45, 2.75) is 0 Å². The summed E-state index contributed by atoms with van der Waals surface area (Å²) in [5.41, 5.74) is -3.91. The van der Waals surface area contributed by atoms with Gasteiger partial charge in [-0.05, 0) is 101 Å². The van der Waals surface area contributed by atoms with Gasteiger partial charge in [-0.25, -0.2) is 0 Å². The fourth-order valence-electron chi connectivity index (χ4n) is 5.59. The van der Waals surface area contributed by atoms with Crippen LogP contribution in [0.1, 0.15) is 35.6 Å². The molecule has 0 radical (unpaired) electrons. The van der Waals surface area contributed by atoms with Crippen molar-refractivity contribution in [1.82, 2.24) is 0 Å². The number of rotatable bonds is 2. The maximum absolute atomic E-state index is 9.86. The van der Waals surface area contributed by atoms with Crippen LogP contribution in [-0.4, -0.2) is 0 Å². The maximum atomic E-state index is 9.86. The van der Waals surface area contributed by atoms with Crippen LogP contribution in [-0.2, 0) is 0 Å². The van der Waals surface area contributed by atoms with Crippen LogP contribution < -0.4 is 0 Å². The highest BCUT2D eigenvalue weighted by Crippen LogP contribution is 2.42. The zero-order valence-electron chi connectivity index (χ0n) is 48.4. The van der Waals surface area contributed by atoms with Gasteiger partial charge in [-0.3, -0.25) is 0 Å². The van der Waals surface area contributed by atoms with Gasteiger partial charge in [0.25, 0.3) is 0 Å². The van der Waals surface area contributed by atoms with Crippen molar-refractivity contribution in [3.8, 4) is 22.3 Å². The third-order valence-corrected chi connectivity index (χ3v) is 7.56. The van der Waals surface area contributed by atoms with Gasteiger partial charge in [0.1, 0.15) is 11.2 Å². The average Bonchev–Trinajstić information content (AvgIpc) is 3.73. The average molecular weight is 597 g/mol. The molecule has 0 fully saturated rings. The van der Waals surface area contributed by atoms with E-state index in [0.717, 1.165) is 0 Å². The van der Waals surface area contributed by atoms with E-state index in [-0.39, 0.29) is 0 Å². The standard InChI is InChI=1S/C44H26O/c1-4-11-34-28(8-1)20-22-38-40(34)26-30-10-3-5-12-35(30)42(38)32-19-17-27-16-18-31(24-33(27)25-32)36-14-7-15-41-43(36)39-23-21-29-9-2-6-13-37(29)44(39)45-41/h1-26H/i1D,2D,3D,4D,5D,6D,7D,8D,9D,10D,11D,12D,13D,14D,15D,16D,17D,18D,19D,20D,21D,22D,23D,24D,25D,26D. The lowest BCUT2D eigenvalue weighted by Crippen LogP contribution is -1.88. The minimum atomic E-state index is -0.981. The van der Waals surface area contributed by atoms with E-state index in [0.29, 0.717) is 0 Å². The monoisotopic (exact) mass is 596 g/mol. The molecule has 0 bridgehead atoms. The Morgan fingerprint density at radius 2 is 1.02 bits per heavy atom. The smallest absolute Gasteiger partial charge is 0.143 e. The van der Waals surface area contributed by atoms with Crippen molar-refractivity contribution in [3.63, 3.8) is 0 Å². The molecule has 0 saturated carbocycles. The van der Waals surface area contributed by atoms with E-state index in [4.69, 9.17) is 27.7 Å². The molecule has 0 N–H and O–H groups in total. The molecule has 0 spiro atoms. The summed E-state index contributed by atoms with van der Waals surface area (Å²) in [6.07, 6.45) is 0. The third-order valence-electron chi connectivity index (χ3n) is 7.56. The summed E-state index contributed by atoms with van der Waals surface area (Å²) < 4.78 is 239. The van der Waals surface area contributed by atoms with Gasteiger partial charge < -0.3 is 4.42 Å². The summed E-state index contributed by atoms with van der Waals surface area (Å²) in [6, 6.07) is -22.0. The molecular formula is C44H26O. The predicted octanol–water partition coefficient (Wildman–Crippen LogP) is 12.7. The van der Waals surface area contributed by atoms with Crippen molar-refractivity contribution >= 4 is 75.8 Å². The van der Waals surface area contributed by atoms with Crippen LogP contribution in [0.5, 0.6) is 0 Å². The molecule has 10 rings (SSSR count). The second-order valence-electron chi connectivity index (χ2n) is 10.0. The highest BCUT2D eigenvalue weighted by Gasteiger charge is 2.16. The number of fused-ring (bicyclic) bond motifs is 10. The van der Waals surface area contributed by atoms with E-state index < -0.39 is 255 Å². The molecule has 0 aliphatic carbocycles. The van der Waals surface area contributed by atoms with Gasteiger partial charge >= 0.3 is 0 Å². The van der Waals surface area contributed by atoms with Gasteiger partial charge in [-0.1, -0.05) is 127 Å². The predicted molar refractivity (Wildman–Crippen MR) is 192 cm³/mol. The van der Waals surface area contributed by atoms with Crippen molar-refractivity contribution in [1.29, 1.82) is 0 Å². The molecule has 1 aromatic heterocycles. The second-order valence-corrected chi connectivity index (χ2v) is 10.0. The fourth-order valence-corrected chi connectivity index (χ4v) is 5.59. The van der Waals surface area contributed by atoms with E-state index in [1.165, 1.54) is 0 Å². The molecule has 0 unspecified atom stereocenters. The zero-order chi connectivity index (χ0) is 52.1. The molecule has 9 aromatic carbocycles. The summed E-state index contributed by atoms with van der Waals surface area (Å²) in [6.45, 7) is 0. The first-order chi connectivity index (χ1) is 33.2. The summed E-state index contributed by atoms with van der Waals surface area (Å²) in [5.74, 6) is 0. The van der Waals surface area contributed by atoms with Crippen LogP contribution in [0.4, 0.5) is 0 Å². The molecule has 45 heavy (non-hydrogen) atoms. The molecular weight excluding hydrogens is 544 g/mol. The first-order valence-corrected chi connectivity index (χ1v) is 13.4. The number of benzene rings is 9. The largest absolute Gasteiger partial charge is 0.455 e. The molecule has 0 amide bonds. The maximum Gasteiger partial charge on any atom is 0.143 e. The Bertz CT molecular complexity index is 4290. The quantitative estimate of drug-likeness (QED) is 0.143. The lowest BCUT2D eigenvalue weighted by molar-refractivity contribution is 0.673. The van der Waals surface area contributed by atoms with E-state index >= 15 is 0 Å². The van der Waals surface area contributed by atoms with Crippen molar-refractivity contribution in [2.75, 3.05) is 0 Å². The molecule has 0 saturated heterocycles. The Kier molecular flexibility index (Phi) is 2.13. The lowest BCUT2D eigenvalue weighted by Gasteiger charge is -2.15. The molecule has 1 heteroatoms. The molecule has 0 aliphatic rings. The lowest BCUT2D eigenvalue weighted by atomic mass is 9.88. The van der Waals surface area contributed by atoms with Gasteiger partial charge in [0.05, 0.1) is 35.6 Å². The Labute approximate surface area is 296 Å². The minimum absolute atomic E-state index is 0.410. The molecule has 0 aliphatic heterocycles. The van der Waals surface area contributed by atoms with Crippen LogP contribution >= 0.6 is 0 Å². The van der Waals surface area contributed by atoms with Crippen molar-refractivity contribution in [2.24, 2.45) is 0 Å². The van der Waals surface area contributed by atoms with E-state index in [9.17, 15) is 12.3 Å². The highest BCUT2D eigenvalue weighted by atomic mass is 16.3. The van der Waals surface area contributed by atoms with Gasteiger partial charge in [0, 0.05) is 16.2 Å². The molecule has 10 aromatic rings. The SMILES string of the molecule is [2H]c1c([2H])c(-c2c([2H])c([2H])c3c([2H])c([2H])c(-c4c5c([2H])c([2H])c([2H])c([2H])c5c([2H])c5c4c([2H])c([2H])c4c([2H])c([2H])c([2H])c([2H])c45)c([2H])c3c2[2H])c2c(oc3c4c([2H])c([2H])c([2H])c([2H])c4c([2H])c([2H])c32)c1[2H]. The number of furan rings is 1. The second kappa shape index (κ2) is 9.29. The van der Waals surface area contributed by atoms with Crippen LogP contribution in [0.3, 0.4) is 0 Å². The number of hydrogen-bond acceptors (Lipinski definition) is 1. The zero-order valence-corrected chi connectivity index (χ0v) is 22.4. The molecule has 1 heterocycles. The third kappa shape index (κ3) is 3.62. The highest BCUT2D eigenvalue weighted by molar-refractivity contribution is 6.21. The van der Waals surface area contributed by atoms with Crippen LogP contribution in [0.15, 0.2) is 162 Å². The number of hydrogen-bond donors (Lipinski definition) is 0. The molecule has 208 valence electrons. The van der Waals surface area contributed by atoms with Gasteiger partial charge in [-0.2, -0.15) is 0 Å². The van der Waals surface area contributed by atoms with Gasteiger partial charge in [0.2, 0.25) is 0 Å². The fraction of sp³-hybridized carbons (Fsp3) is 0. The van der Waals surface area contributed by atoms with Crippen molar-refractivity contribution in [3.05, 3.63) is 157 Å². The van der Waals surface area contributed by atoms with Gasteiger partial charge in [-0.15, -0.1) is 0 Å². The normalized spacial score (nSPS) is 20.1. The van der Waals surface area contributed by atoms with Crippen LogP contribution in [0.25, 0.3) is 98.1 Å². The van der Waals surface area contributed by atoms with Crippen LogP contribution in [0.2, 0.25) is 0 Å². The Morgan fingerprint density at radius 1 is 0.378 bits per heavy atom. The minimum Gasteiger partial charge on any atom is -0.455 e. The summed E-state index contributed by atoms with van der Waals surface area (Å²) in [7, 11) is 0. The molecule has 1 nitrogen and oxygen atoms in total. The van der Waals surface area contributed by atoms with Gasteiger partial charge in [0.15, 0.2) is 0 Å². The Morgan fingerprint density at radius 3 is 1.87 bits per heavy atom. The van der Waals surface area contributed by atoms with E-state index in [1.807, 2.05) is 0 Å². The van der Waals surface area contributed by atoms with E-state index in [2.05, 4.69) is 0 Å². The summed E-state index contributed by atoms with van der Waals surface area (Å²) >= 11 is 0. The summed E-state index contributed by atoms with van der Waals surface area (Å²) in [4.78, 5) is 0. The molecule has 0 atom stereocenters. The van der Waals surface area contributed by atoms with Crippen LogP contribution in [0, 0.1) is 0 Å². The first-order valence-electron chi connectivity index (χ1n) is 26.4. The first kappa shape index (κ1) is 10.3. The Hall–Kier alpha value is -5.92.